The molecule has 0 heterocycles. The first-order valence-corrected chi connectivity index (χ1v) is 5.32. The van der Waals surface area contributed by atoms with Crippen molar-refractivity contribution in [2.24, 2.45) is 5.73 Å². The summed E-state index contributed by atoms with van der Waals surface area (Å²) in [6, 6.07) is 8.53. The van der Waals surface area contributed by atoms with Gasteiger partial charge >= 0.3 is 6.09 Å². The Balaban J connectivity index is 2.35. The molecule has 1 aromatic rings. The molecule has 3 N–H and O–H groups in total. The van der Waals surface area contributed by atoms with E-state index in [2.05, 4.69) is 42.1 Å². The molecule has 0 aromatic heterocycles. The van der Waals surface area contributed by atoms with Gasteiger partial charge in [0.2, 0.25) is 0 Å². The smallest absolute Gasteiger partial charge is 0.404 e. The molecule has 1 aromatic carbocycles. The van der Waals surface area contributed by atoms with Gasteiger partial charge in [0.15, 0.2) is 0 Å². The van der Waals surface area contributed by atoms with Crippen LogP contribution in [0, 0.1) is 6.92 Å². The van der Waals surface area contributed by atoms with Gasteiger partial charge in [-0.3, -0.25) is 0 Å². The number of nitrogens with two attached hydrogens (primary N) is 1. The molecular formula is C12H18N2O2. The second-order valence-corrected chi connectivity index (χ2v) is 3.76. The van der Waals surface area contributed by atoms with Crippen molar-refractivity contribution in [3.63, 3.8) is 0 Å². The number of rotatable bonds is 5. The Morgan fingerprint density at radius 2 is 2.31 bits per heavy atom. The normalized spacial score (nSPS) is 12.1. The number of aryl methyl sites for hydroxylation is 1. The third-order valence-corrected chi connectivity index (χ3v) is 2.34. The Labute approximate surface area is 95.8 Å². The lowest BCUT2D eigenvalue weighted by atomic mass is 10.1. The summed E-state index contributed by atoms with van der Waals surface area (Å²) in [6.07, 6.45) is -0.731. The Kier molecular flexibility index (Phi) is 4.79. The van der Waals surface area contributed by atoms with E-state index in [1.54, 1.807) is 0 Å². The van der Waals surface area contributed by atoms with Crippen LogP contribution in [0.1, 0.15) is 24.1 Å². The molecule has 0 fully saturated rings. The standard InChI is InChI=1S/C12H18N2O2/c1-9-4-3-5-11(8-9)10(2)14-6-7-16-12(13)15/h3-5,8,10,14H,6-7H2,1-2H3,(H2,13,15). The maximum absolute atomic E-state index is 10.3. The quantitative estimate of drug-likeness (QED) is 0.746. The lowest BCUT2D eigenvalue weighted by Gasteiger charge is -2.14. The Bertz CT molecular complexity index is 353. The summed E-state index contributed by atoms with van der Waals surface area (Å²) in [6.45, 7) is 5.02. The topological polar surface area (TPSA) is 64.3 Å². The number of nitrogens with one attached hydrogen (secondary N) is 1. The van der Waals surface area contributed by atoms with E-state index in [-0.39, 0.29) is 6.04 Å². The van der Waals surface area contributed by atoms with E-state index >= 15 is 0 Å². The number of ether oxygens (including phenoxy) is 1. The van der Waals surface area contributed by atoms with E-state index in [0.29, 0.717) is 13.2 Å². The molecule has 0 saturated heterocycles. The van der Waals surface area contributed by atoms with Gasteiger partial charge in [-0.15, -0.1) is 0 Å². The fourth-order valence-corrected chi connectivity index (χ4v) is 1.48. The van der Waals surface area contributed by atoms with Gasteiger partial charge in [-0.1, -0.05) is 29.8 Å². The summed E-state index contributed by atoms with van der Waals surface area (Å²) in [5, 5.41) is 3.25. The number of hydrogen-bond donors (Lipinski definition) is 2. The highest BCUT2D eigenvalue weighted by molar-refractivity contribution is 5.64. The number of hydrogen-bond acceptors (Lipinski definition) is 3. The summed E-state index contributed by atoms with van der Waals surface area (Å²) in [4.78, 5) is 10.3. The lowest BCUT2D eigenvalue weighted by molar-refractivity contribution is 0.156. The van der Waals surface area contributed by atoms with Crippen LogP contribution in [0.3, 0.4) is 0 Å². The van der Waals surface area contributed by atoms with Crippen LogP contribution in [0.25, 0.3) is 0 Å². The molecule has 1 amide bonds. The third kappa shape index (κ3) is 4.31. The van der Waals surface area contributed by atoms with Gasteiger partial charge in [-0.05, 0) is 19.4 Å². The Hall–Kier alpha value is -1.55. The molecule has 0 radical (unpaired) electrons. The van der Waals surface area contributed by atoms with Crippen LogP contribution in [0.15, 0.2) is 24.3 Å². The van der Waals surface area contributed by atoms with E-state index in [9.17, 15) is 4.79 Å². The van der Waals surface area contributed by atoms with Crippen molar-refractivity contribution in [2.45, 2.75) is 19.9 Å². The largest absolute Gasteiger partial charge is 0.448 e. The third-order valence-electron chi connectivity index (χ3n) is 2.34. The zero-order valence-corrected chi connectivity index (χ0v) is 9.69. The van der Waals surface area contributed by atoms with E-state index in [1.807, 2.05) is 6.07 Å². The van der Waals surface area contributed by atoms with Gasteiger partial charge in [0.05, 0.1) is 0 Å². The molecule has 88 valence electrons. The highest BCUT2D eigenvalue weighted by atomic mass is 16.5. The minimum Gasteiger partial charge on any atom is -0.448 e. The van der Waals surface area contributed by atoms with E-state index < -0.39 is 6.09 Å². The van der Waals surface area contributed by atoms with Crippen molar-refractivity contribution < 1.29 is 9.53 Å². The molecule has 0 saturated carbocycles. The summed E-state index contributed by atoms with van der Waals surface area (Å²) >= 11 is 0. The molecule has 1 unspecified atom stereocenters. The van der Waals surface area contributed by atoms with E-state index in [1.165, 1.54) is 11.1 Å². The maximum Gasteiger partial charge on any atom is 0.404 e. The highest BCUT2D eigenvalue weighted by Gasteiger charge is 2.04. The zero-order valence-electron chi connectivity index (χ0n) is 9.69. The van der Waals surface area contributed by atoms with Crippen LogP contribution < -0.4 is 11.1 Å². The molecule has 0 spiro atoms. The van der Waals surface area contributed by atoms with Crippen LogP contribution in [-0.4, -0.2) is 19.2 Å². The molecule has 0 aliphatic rings. The van der Waals surface area contributed by atoms with Crippen LogP contribution in [0.5, 0.6) is 0 Å². The molecule has 16 heavy (non-hydrogen) atoms. The van der Waals surface area contributed by atoms with Gasteiger partial charge in [0, 0.05) is 12.6 Å². The second-order valence-electron chi connectivity index (χ2n) is 3.76. The average Bonchev–Trinajstić information content (AvgIpc) is 2.24. The molecule has 1 atom stereocenters. The zero-order chi connectivity index (χ0) is 12.0. The van der Waals surface area contributed by atoms with Crippen molar-refractivity contribution in [1.29, 1.82) is 0 Å². The van der Waals surface area contributed by atoms with Crippen molar-refractivity contribution in [3.8, 4) is 0 Å². The van der Waals surface area contributed by atoms with Gasteiger partial charge in [0.1, 0.15) is 6.61 Å². The highest BCUT2D eigenvalue weighted by Crippen LogP contribution is 2.13. The summed E-state index contributed by atoms with van der Waals surface area (Å²) in [7, 11) is 0. The maximum atomic E-state index is 10.3. The van der Waals surface area contributed by atoms with Gasteiger partial charge in [-0.25, -0.2) is 4.79 Å². The number of carbonyl (C=O) groups excluding carboxylic acids is 1. The predicted molar refractivity (Wildman–Crippen MR) is 63.1 cm³/mol. The van der Waals surface area contributed by atoms with Crippen molar-refractivity contribution >= 4 is 6.09 Å². The fraction of sp³-hybridized carbons (Fsp3) is 0.417. The predicted octanol–water partition coefficient (Wildman–Crippen LogP) is 1.74. The number of primary amides is 1. The summed E-state index contributed by atoms with van der Waals surface area (Å²) < 4.78 is 4.63. The average molecular weight is 222 g/mol. The minimum absolute atomic E-state index is 0.233. The SMILES string of the molecule is Cc1cccc(C(C)NCCOC(N)=O)c1. The number of benzene rings is 1. The Morgan fingerprint density at radius 3 is 2.94 bits per heavy atom. The molecule has 4 heteroatoms. The molecule has 0 aliphatic carbocycles. The lowest BCUT2D eigenvalue weighted by Crippen LogP contribution is -2.25. The Morgan fingerprint density at radius 1 is 1.56 bits per heavy atom. The monoisotopic (exact) mass is 222 g/mol. The molecule has 1 rings (SSSR count). The molecule has 0 aliphatic heterocycles. The molecule has 4 nitrogen and oxygen atoms in total. The first-order valence-electron chi connectivity index (χ1n) is 5.32. The molecule has 0 bridgehead atoms. The molecular weight excluding hydrogens is 204 g/mol. The fourth-order valence-electron chi connectivity index (χ4n) is 1.48. The summed E-state index contributed by atoms with van der Waals surface area (Å²) in [5.41, 5.74) is 7.31. The number of carbonyl (C=O) groups is 1. The van der Waals surface area contributed by atoms with E-state index in [0.717, 1.165) is 0 Å². The number of amides is 1. The van der Waals surface area contributed by atoms with Crippen LogP contribution in [0.2, 0.25) is 0 Å². The van der Waals surface area contributed by atoms with Gasteiger partial charge < -0.3 is 15.8 Å². The van der Waals surface area contributed by atoms with Gasteiger partial charge in [0.25, 0.3) is 0 Å². The second kappa shape index (κ2) is 6.12. The van der Waals surface area contributed by atoms with Crippen LogP contribution >= 0.6 is 0 Å². The van der Waals surface area contributed by atoms with E-state index in [4.69, 9.17) is 5.73 Å². The van der Waals surface area contributed by atoms with Crippen molar-refractivity contribution in [3.05, 3.63) is 35.4 Å². The van der Waals surface area contributed by atoms with Gasteiger partial charge in [-0.2, -0.15) is 0 Å². The van der Waals surface area contributed by atoms with Crippen molar-refractivity contribution in [1.82, 2.24) is 5.32 Å². The first-order chi connectivity index (χ1) is 7.59. The van der Waals surface area contributed by atoms with Crippen LogP contribution in [-0.2, 0) is 4.74 Å². The van der Waals surface area contributed by atoms with Crippen molar-refractivity contribution in [2.75, 3.05) is 13.2 Å². The first kappa shape index (κ1) is 12.5. The summed E-state index contributed by atoms with van der Waals surface area (Å²) in [5.74, 6) is 0. The van der Waals surface area contributed by atoms with Crippen LogP contribution in [0.4, 0.5) is 4.79 Å². The minimum atomic E-state index is -0.731.